The molecule has 2 aromatic rings. The van der Waals surface area contributed by atoms with E-state index in [0.717, 1.165) is 15.6 Å². The summed E-state index contributed by atoms with van der Waals surface area (Å²) in [4.78, 5) is 4.34. The molecule has 0 amide bonds. The van der Waals surface area contributed by atoms with Crippen LogP contribution in [0, 0.1) is 0 Å². The summed E-state index contributed by atoms with van der Waals surface area (Å²) in [5.74, 6) is 0.701. The lowest BCUT2D eigenvalue weighted by atomic mass is 10.0. The number of pyridine rings is 1. The number of benzene rings is 1. The molecule has 0 aliphatic carbocycles. The van der Waals surface area contributed by atoms with Crippen LogP contribution in [-0.2, 0) is 0 Å². The lowest BCUT2D eigenvalue weighted by molar-refractivity contribution is 0.240. The van der Waals surface area contributed by atoms with Crippen molar-refractivity contribution in [3.8, 4) is 5.88 Å². The second-order valence-electron chi connectivity index (χ2n) is 4.31. The zero-order valence-corrected chi connectivity index (χ0v) is 11.5. The predicted octanol–water partition coefficient (Wildman–Crippen LogP) is 4.38. The van der Waals surface area contributed by atoms with E-state index in [2.05, 4.69) is 46.0 Å². The summed E-state index contributed by atoms with van der Waals surface area (Å²) >= 11 is 3.43. The van der Waals surface area contributed by atoms with Crippen LogP contribution in [0.1, 0.15) is 24.2 Å². The zero-order valence-electron chi connectivity index (χ0n) is 9.93. The van der Waals surface area contributed by atoms with Gasteiger partial charge in [-0.3, -0.25) is 0 Å². The molecule has 1 atom stereocenters. The summed E-state index contributed by atoms with van der Waals surface area (Å²) in [5, 5.41) is 0. The molecule has 90 valence electrons. The highest BCUT2D eigenvalue weighted by Gasteiger charge is 2.20. The summed E-state index contributed by atoms with van der Waals surface area (Å²) in [6, 6.07) is 12.2. The number of hydrogen-bond donors (Lipinski definition) is 0. The van der Waals surface area contributed by atoms with Crippen LogP contribution in [0.15, 0.2) is 53.1 Å². The Morgan fingerprint density at radius 1 is 1.22 bits per heavy atom. The zero-order chi connectivity index (χ0) is 12.5. The van der Waals surface area contributed by atoms with Crippen LogP contribution in [0.25, 0.3) is 5.57 Å². The van der Waals surface area contributed by atoms with E-state index >= 15 is 0 Å². The van der Waals surface area contributed by atoms with E-state index in [4.69, 9.17) is 4.74 Å². The van der Waals surface area contributed by atoms with Crippen LogP contribution in [0.3, 0.4) is 0 Å². The Labute approximate surface area is 114 Å². The molecule has 2 heterocycles. The van der Waals surface area contributed by atoms with Crippen molar-refractivity contribution >= 4 is 21.5 Å². The number of aromatic nitrogens is 1. The van der Waals surface area contributed by atoms with Crippen molar-refractivity contribution in [1.82, 2.24) is 4.98 Å². The minimum Gasteiger partial charge on any atom is -0.465 e. The molecule has 3 heteroatoms. The summed E-state index contributed by atoms with van der Waals surface area (Å²) in [5.41, 5.74) is 3.39. The van der Waals surface area contributed by atoms with Gasteiger partial charge in [0.05, 0.1) is 0 Å². The molecule has 0 bridgehead atoms. The fourth-order valence-electron chi connectivity index (χ4n) is 2.08. The predicted molar refractivity (Wildman–Crippen MR) is 75.4 cm³/mol. The van der Waals surface area contributed by atoms with Crippen molar-refractivity contribution in [2.24, 2.45) is 0 Å². The highest BCUT2D eigenvalue weighted by Crippen LogP contribution is 2.36. The molecule has 0 saturated carbocycles. The molecule has 0 fully saturated rings. The van der Waals surface area contributed by atoms with E-state index in [0.29, 0.717) is 5.88 Å². The number of hydrogen-bond acceptors (Lipinski definition) is 2. The maximum absolute atomic E-state index is 5.94. The van der Waals surface area contributed by atoms with Gasteiger partial charge in [0.25, 0.3) is 0 Å². The molecule has 1 aliphatic heterocycles. The van der Waals surface area contributed by atoms with E-state index in [-0.39, 0.29) is 6.10 Å². The normalized spacial score (nSPS) is 17.7. The first-order valence-corrected chi connectivity index (χ1v) is 6.59. The molecule has 1 aliphatic rings. The van der Waals surface area contributed by atoms with Crippen molar-refractivity contribution in [3.05, 3.63) is 64.3 Å². The first kappa shape index (κ1) is 11.5. The van der Waals surface area contributed by atoms with E-state index in [1.807, 2.05) is 24.3 Å². The third-order valence-electron chi connectivity index (χ3n) is 3.01. The van der Waals surface area contributed by atoms with Crippen molar-refractivity contribution in [2.75, 3.05) is 0 Å². The van der Waals surface area contributed by atoms with Gasteiger partial charge in [-0.2, -0.15) is 0 Å². The summed E-state index contributed by atoms with van der Waals surface area (Å²) in [6.45, 7) is 2.09. The Balaban J connectivity index is 2.02. The first-order valence-electron chi connectivity index (χ1n) is 5.80. The van der Waals surface area contributed by atoms with Crippen molar-refractivity contribution in [3.63, 3.8) is 0 Å². The molecule has 0 N–H and O–H groups in total. The third-order valence-corrected chi connectivity index (χ3v) is 3.44. The van der Waals surface area contributed by atoms with Crippen LogP contribution in [0.5, 0.6) is 5.88 Å². The molecular formula is C15H12BrNO. The van der Waals surface area contributed by atoms with Crippen LogP contribution in [0.4, 0.5) is 0 Å². The topological polar surface area (TPSA) is 22.1 Å². The van der Waals surface area contributed by atoms with E-state index in [1.165, 1.54) is 5.57 Å². The molecule has 3 rings (SSSR count). The van der Waals surface area contributed by atoms with Crippen molar-refractivity contribution < 1.29 is 4.74 Å². The van der Waals surface area contributed by atoms with Gasteiger partial charge < -0.3 is 4.74 Å². The summed E-state index contributed by atoms with van der Waals surface area (Å²) in [7, 11) is 0. The lowest BCUT2D eigenvalue weighted by Crippen LogP contribution is -2.11. The second kappa shape index (κ2) is 4.58. The van der Waals surface area contributed by atoms with E-state index < -0.39 is 0 Å². The van der Waals surface area contributed by atoms with Crippen LogP contribution in [0.2, 0.25) is 0 Å². The van der Waals surface area contributed by atoms with Gasteiger partial charge in [-0.05, 0) is 46.1 Å². The Morgan fingerprint density at radius 3 is 2.78 bits per heavy atom. The molecule has 18 heavy (non-hydrogen) atoms. The number of rotatable bonds is 1. The lowest BCUT2D eigenvalue weighted by Gasteiger charge is -2.23. The third kappa shape index (κ3) is 2.06. The van der Waals surface area contributed by atoms with Crippen molar-refractivity contribution in [1.29, 1.82) is 0 Å². The Hall–Kier alpha value is -1.61. The highest BCUT2D eigenvalue weighted by atomic mass is 79.9. The van der Waals surface area contributed by atoms with Gasteiger partial charge in [-0.15, -0.1) is 0 Å². The standard InChI is InChI=1S/C15H12BrNO/c1-10-7-14(11-5-3-2-4-6-11)18-15-13(10)8-12(16)9-17-15/h2-9,14H,1H3. The second-order valence-corrected chi connectivity index (χ2v) is 5.22. The molecule has 1 unspecified atom stereocenters. The minimum absolute atomic E-state index is 0.0487. The minimum atomic E-state index is -0.0487. The Morgan fingerprint density at radius 2 is 2.00 bits per heavy atom. The fraction of sp³-hybridized carbons (Fsp3) is 0.133. The number of ether oxygens (including phenoxy) is 1. The molecule has 1 aromatic carbocycles. The highest BCUT2D eigenvalue weighted by molar-refractivity contribution is 9.10. The maximum atomic E-state index is 5.94. The van der Waals surface area contributed by atoms with Crippen LogP contribution in [-0.4, -0.2) is 4.98 Å². The van der Waals surface area contributed by atoms with E-state index in [9.17, 15) is 0 Å². The molecule has 0 radical (unpaired) electrons. The average molecular weight is 302 g/mol. The summed E-state index contributed by atoms with van der Waals surface area (Å²) < 4.78 is 6.90. The summed E-state index contributed by atoms with van der Waals surface area (Å²) in [6.07, 6.45) is 3.85. The van der Waals surface area contributed by atoms with Gasteiger partial charge in [-0.1, -0.05) is 30.3 Å². The Bertz CT molecular complexity index is 607. The van der Waals surface area contributed by atoms with Gasteiger partial charge in [0.15, 0.2) is 0 Å². The number of fused-ring (bicyclic) bond motifs is 1. The number of nitrogens with zero attached hydrogens (tertiary/aromatic N) is 1. The number of halogens is 1. The number of allylic oxidation sites excluding steroid dienone is 1. The SMILES string of the molecule is CC1=CC(c2ccccc2)Oc2ncc(Br)cc21. The quantitative estimate of drug-likeness (QED) is 0.780. The van der Waals surface area contributed by atoms with Gasteiger partial charge in [0.2, 0.25) is 5.88 Å². The smallest absolute Gasteiger partial charge is 0.221 e. The first-order chi connectivity index (χ1) is 8.74. The van der Waals surface area contributed by atoms with Crippen molar-refractivity contribution in [2.45, 2.75) is 13.0 Å². The molecule has 1 aromatic heterocycles. The van der Waals surface area contributed by atoms with Crippen LogP contribution >= 0.6 is 15.9 Å². The van der Waals surface area contributed by atoms with Gasteiger partial charge in [-0.25, -0.2) is 4.98 Å². The van der Waals surface area contributed by atoms with E-state index in [1.54, 1.807) is 6.20 Å². The fourth-order valence-corrected chi connectivity index (χ4v) is 2.41. The molecule has 0 spiro atoms. The largest absolute Gasteiger partial charge is 0.465 e. The average Bonchev–Trinajstić information content (AvgIpc) is 2.40. The monoisotopic (exact) mass is 301 g/mol. The van der Waals surface area contributed by atoms with Gasteiger partial charge in [0.1, 0.15) is 6.10 Å². The van der Waals surface area contributed by atoms with Gasteiger partial charge >= 0.3 is 0 Å². The molecule has 0 saturated heterocycles. The van der Waals surface area contributed by atoms with Crippen LogP contribution < -0.4 is 4.74 Å². The Kier molecular flexibility index (Phi) is 2.92. The van der Waals surface area contributed by atoms with Gasteiger partial charge in [0, 0.05) is 16.2 Å². The molecular weight excluding hydrogens is 290 g/mol. The molecule has 2 nitrogen and oxygen atoms in total. The maximum Gasteiger partial charge on any atom is 0.221 e.